The molecular weight excluding hydrogens is 384 g/mol. The van der Waals surface area contributed by atoms with Crippen LogP contribution in [0.15, 0.2) is 65.8 Å². The minimum absolute atomic E-state index is 0.114. The van der Waals surface area contributed by atoms with Gasteiger partial charge in [-0.2, -0.15) is 5.10 Å². The van der Waals surface area contributed by atoms with Gasteiger partial charge in [-0.3, -0.25) is 14.3 Å². The molecule has 4 aromatic rings. The van der Waals surface area contributed by atoms with Crippen LogP contribution in [0.3, 0.4) is 0 Å². The van der Waals surface area contributed by atoms with E-state index in [4.69, 9.17) is 4.42 Å². The third kappa shape index (κ3) is 4.24. The summed E-state index contributed by atoms with van der Waals surface area (Å²) in [7, 11) is 0. The molecule has 0 aromatic carbocycles. The van der Waals surface area contributed by atoms with Crippen molar-refractivity contribution in [1.29, 1.82) is 0 Å². The van der Waals surface area contributed by atoms with Crippen LogP contribution in [0, 0.1) is 5.92 Å². The summed E-state index contributed by atoms with van der Waals surface area (Å²) >= 11 is 0. The van der Waals surface area contributed by atoms with Crippen molar-refractivity contribution in [3.05, 3.63) is 72.8 Å². The van der Waals surface area contributed by atoms with E-state index in [1.165, 1.54) is 6.26 Å². The van der Waals surface area contributed by atoms with Crippen LogP contribution in [0.5, 0.6) is 0 Å². The van der Waals surface area contributed by atoms with Gasteiger partial charge in [0.2, 0.25) is 5.91 Å². The fourth-order valence-electron chi connectivity index (χ4n) is 3.12. The third-order valence-electron chi connectivity index (χ3n) is 4.62. The van der Waals surface area contributed by atoms with Crippen molar-refractivity contribution in [1.82, 2.24) is 24.5 Å². The number of amides is 2. The molecule has 0 aliphatic rings. The number of nitrogens with zero attached hydrogens (tertiary/aromatic N) is 4. The van der Waals surface area contributed by atoms with Crippen LogP contribution in [0.1, 0.15) is 30.1 Å². The molecule has 0 spiro atoms. The molecule has 0 bridgehead atoms. The second kappa shape index (κ2) is 8.24. The van der Waals surface area contributed by atoms with Crippen molar-refractivity contribution in [2.45, 2.75) is 26.4 Å². The average molecular weight is 406 g/mol. The second-order valence-electron chi connectivity index (χ2n) is 7.29. The number of rotatable bonds is 7. The normalized spacial score (nSPS) is 12.2. The number of nitrogens with one attached hydrogen (secondary N) is 2. The van der Waals surface area contributed by atoms with Crippen molar-refractivity contribution in [3.63, 3.8) is 0 Å². The largest absolute Gasteiger partial charge is 0.459 e. The Balaban J connectivity index is 1.41. The number of hydrogen-bond acceptors (Lipinski definition) is 5. The molecule has 9 heteroatoms. The first kappa shape index (κ1) is 19.4. The molecule has 0 radical (unpaired) electrons. The third-order valence-corrected chi connectivity index (χ3v) is 4.62. The van der Waals surface area contributed by atoms with Gasteiger partial charge in [-0.05, 0) is 30.2 Å². The zero-order chi connectivity index (χ0) is 21.1. The molecule has 0 aliphatic heterocycles. The Morgan fingerprint density at radius 1 is 1.17 bits per heavy atom. The standard InChI is InChI=1S/C21H22N6O3/c1-14(2)19(25-20(28)17-6-5-9-30-17)21(29)24-15-10-22-27(12-15)13-16-11-26-8-4-3-7-18(26)23-16/h3-12,14,19H,13H2,1-2H3,(H,24,29)(H,25,28). The lowest BCUT2D eigenvalue weighted by Gasteiger charge is -2.20. The summed E-state index contributed by atoms with van der Waals surface area (Å²) in [6, 6.07) is 8.26. The summed E-state index contributed by atoms with van der Waals surface area (Å²) in [6.45, 7) is 4.19. The predicted molar refractivity (Wildman–Crippen MR) is 110 cm³/mol. The fourth-order valence-corrected chi connectivity index (χ4v) is 3.12. The molecule has 154 valence electrons. The van der Waals surface area contributed by atoms with Gasteiger partial charge in [0.1, 0.15) is 11.7 Å². The highest BCUT2D eigenvalue weighted by Crippen LogP contribution is 2.12. The lowest BCUT2D eigenvalue weighted by atomic mass is 10.0. The smallest absolute Gasteiger partial charge is 0.287 e. The quantitative estimate of drug-likeness (QED) is 0.491. The van der Waals surface area contributed by atoms with E-state index in [1.807, 2.05) is 48.8 Å². The lowest BCUT2D eigenvalue weighted by Crippen LogP contribution is -2.47. The van der Waals surface area contributed by atoms with Crippen LogP contribution in [0.25, 0.3) is 5.65 Å². The first-order valence-electron chi connectivity index (χ1n) is 9.60. The Labute approximate surface area is 172 Å². The van der Waals surface area contributed by atoms with Gasteiger partial charge in [-0.1, -0.05) is 19.9 Å². The zero-order valence-electron chi connectivity index (χ0n) is 16.6. The van der Waals surface area contributed by atoms with E-state index in [1.54, 1.807) is 29.2 Å². The van der Waals surface area contributed by atoms with Crippen LogP contribution in [0.2, 0.25) is 0 Å². The topological polar surface area (TPSA) is 106 Å². The molecule has 0 saturated carbocycles. The molecular formula is C21H22N6O3. The summed E-state index contributed by atoms with van der Waals surface area (Å²) in [4.78, 5) is 29.5. The van der Waals surface area contributed by atoms with Gasteiger partial charge in [0.25, 0.3) is 5.91 Å². The molecule has 30 heavy (non-hydrogen) atoms. The van der Waals surface area contributed by atoms with E-state index in [0.717, 1.165) is 11.3 Å². The second-order valence-corrected chi connectivity index (χ2v) is 7.29. The highest BCUT2D eigenvalue weighted by molar-refractivity contribution is 6.00. The summed E-state index contributed by atoms with van der Waals surface area (Å²) in [5, 5.41) is 9.82. The first-order chi connectivity index (χ1) is 14.5. The van der Waals surface area contributed by atoms with E-state index in [9.17, 15) is 9.59 Å². The summed E-state index contributed by atoms with van der Waals surface area (Å²) in [5.41, 5.74) is 2.26. The number of fused-ring (bicyclic) bond motifs is 1. The molecule has 4 rings (SSSR count). The molecule has 9 nitrogen and oxygen atoms in total. The van der Waals surface area contributed by atoms with Crippen molar-refractivity contribution in [2.75, 3.05) is 5.32 Å². The maximum atomic E-state index is 12.7. The average Bonchev–Trinajstić information content (AvgIpc) is 3.46. The molecule has 0 aliphatic carbocycles. The van der Waals surface area contributed by atoms with Crippen molar-refractivity contribution in [2.24, 2.45) is 5.92 Å². The molecule has 1 unspecified atom stereocenters. The number of anilines is 1. The van der Waals surface area contributed by atoms with Gasteiger partial charge >= 0.3 is 0 Å². The van der Waals surface area contributed by atoms with Gasteiger partial charge in [0, 0.05) is 18.6 Å². The molecule has 0 fully saturated rings. The Bertz CT molecular complexity index is 1130. The van der Waals surface area contributed by atoms with Crippen LogP contribution < -0.4 is 10.6 Å². The van der Waals surface area contributed by atoms with E-state index in [-0.39, 0.29) is 17.6 Å². The van der Waals surface area contributed by atoms with Gasteiger partial charge in [0.15, 0.2) is 5.76 Å². The summed E-state index contributed by atoms with van der Waals surface area (Å²) < 4.78 is 8.73. The highest BCUT2D eigenvalue weighted by atomic mass is 16.3. The maximum Gasteiger partial charge on any atom is 0.287 e. The monoisotopic (exact) mass is 406 g/mol. The number of pyridine rings is 1. The molecule has 2 amide bonds. The van der Waals surface area contributed by atoms with Gasteiger partial charge < -0.3 is 19.5 Å². The highest BCUT2D eigenvalue weighted by Gasteiger charge is 2.26. The predicted octanol–water partition coefficient (Wildman–Crippen LogP) is 2.57. The number of hydrogen-bond donors (Lipinski definition) is 2. The summed E-state index contributed by atoms with van der Waals surface area (Å²) in [6.07, 6.45) is 8.59. The van der Waals surface area contributed by atoms with Gasteiger partial charge in [0.05, 0.1) is 30.4 Å². The summed E-state index contributed by atoms with van der Waals surface area (Å²) in [5.74, 6) is -0.709. The Hall–Kier alpha value is -3.88. The molecule has 1 atom stereocenters. The number of carbonyl (C=O) groups is 2. The zero-order valence-corrected chi connectivity index (χ0v) is 16.6. The molecule has 4 aromatic heterocycles. The van der Waals surface area contributed by atoms with Crippen LogP contribution in [0.4, 0.5) is 5.69 Å². The van der Waals surface area contributed by atoms with E-state index < -0.39 is 11.9 Å². The number of furan rings is 1. The molecule has 2 N–H and O–H groups in total. The minimum atomic E-state index is -0.718. The maximum absolute atomic E-state index is 12.7. The van der Waals surface area contributed by atoms with Crippen molar-refractivity contribution < 1.29 is 14.0 Å². The van der Waals surface area contributed by atoms with Crippen LogP contribution in [-0.4, -0.2) is 37.0 Å². The SMILES string of the molecule is CC(C)C(NC(=O)c1ccco1)C(=O)Nc1cnn(Cc2cn3ccccc3n2)c1. The Kier molecular flexibility index (Phi) is 5.34. The minimum Gasteiger partial charge on any atom is -0.459 e. The van der Waals surface area contributed by atoms with E-state index in [0.29, 0.717) is 12.2 Å². The van der Waals surface area contributed by atoms with E-state index >= 15 is 0 Å². The van der Waals surface area contributed by atoms with Crippen LogP contribution in [-0.2, 0) is 11.3 Å². The van der Waals surface area contributed by atoms with Crippen molar-refractivity contribution >= 4 is 23.1 Å². The Morgan fingerprint density at radius 2 is 2.03 bits per heavy atom. The first-order valence-corrected chi connectivity index (χ1v) is 9.60. The number of aromatic nitrogens is 4. The fraction of sp³-hybridized carbons (Fsp3) is 0.238. The lowest BCUT2D eigenvalue weighted by molar-refractivity contribution is -0.118. The molecule has 0 saturated heterocycles. The van der Waals surface area contributed by atoms with Crippen LogP contribution >= 0.6 is 0 Å². The van der Waals surface area contributed by atoms with Gasteiger partial charge in [-0.25, -0.2) is 4.98 Å². The molecule has 4 heterocycles. The van der Waals surface area contributed by atoms with E-state index in [2.05, 4.69) is 20.7 Å². The Morgan fingerprint density at radius 3 is 2.77 bits per heavy atom. The van der Waals surface area contributed by atoms with Crippen molar-refractivity contribution in [3.8, 4) is 0 Å². The number of carbonyl (C=O) groups excluding carboxylic acids is 2. The van der Waals surface area contributed by atoms with Gasteiger partial charge in [-0.15, -0.1) is 0 Å². The number of imidazole rings is 1.